The van der Waals surface area contributed by atoms with Crippen LogP contribution in [0.2, 0.25) is 0 Å². The number of hydrogen-bond acceptors (Lipinski definition) is 1. The van der Waals surface area contributed by atoms with Gasteiger partial charge in [-0.05, 0) is 11.8 Å². The Bertz CT molecular complexity index is 203. The molecule has 0 aliphatic heterocycles. The fraction of sp³-hybridized carbons (Fsp3) is 1.00. The number of alkyl halides is 4. The summed E-state index contributed by atoms with van der Waals surface area (Å²) in [7, 11) is 0. The topological polar surface area (TPSA) is 12.0 Å². The molecule has 0 heterocycles. The predicted octanol–water partition coefficient (Wildman–Crippen LogP) is 2.93. The third kappa shape index (κ3) is 2.76. The fourth-order valence-electron chi connectivity index (χ4n) is 1.61. The molecule has 1 saturated carbocycles. The maximum absolute atomic E-state index is 11.8. The molecule has 0 aromatic rings. The van der Waals surface area contributed by atoms with Crippen molar-refractivity contribution < 1.29 is 13.2 Å². The van der Waals surface area contributed by atoms with Crippen LogP contribution in [0.25, 0.3) is 0 Å². The van der Waals surface area contributed by atoms with Gasteiger partial charge in [0.2, 0.25) is 0 Å². The van der Waals surface area contributed by atoms with Gasteiger partial charge < -0.3 is 5.32 Å². The molecule has 0 amide bonds. The van der Waals surface area contributed by atoms with Crippen LogP contribution in [0.4, 0.5) is 13.2 Å². The van der Waals surface area contributed by atoms with Crippen molar-refractivity contribution in [3.8, 4) is 0 Å². The van der Waals surface area contributed by atoms with Crippen molar-refractivity contribution in [3.63, 3.8) is 0 Å². The summed E-state index contributed by atoms with van der Waals surface area (Å²) in [5.74, 6) is 0. The van der Waals surface area contributed by atoms with Crippen molar-refractivity contribution in [2.24, 2.45) is 5.41 Å². The van der Waals surface area contributed by atoms with Crippen molar-refractivity contribution in [2.45, 2.75) is 44.3 Å². The highest BCUT2D eigenvalue weighted by atomic mass is 35.5. The quantitative estimate of drug-likeness (QED) is 0.734. The molecule has 0 spiro atoms. The summed E-state index contributed by atoms with van der Waals surface area (Å²) in [6, 6.07) is 0.118. The van der Waals surface area contributed by atoms with Crippen LogP contribution in [0.3, 0.4) is 0 Å². The standard InChI is InChI=1S/C9H15ClF3N/c1-8(2)6(10)5-7(8)14-4-3-9(11,12)13/h6-7,14H,3-5H2,1-2H3. The normalized spacial score (nSPS) is 31.3. The molecule has 5 heteroatoms. The van der Waals surface area contributed by atoms with Gasteiger partial charge >= 0.3 is 6.18 Å². The summed E-state index contributed by atoms with van der Waals surface area (Å²) >= 11 is 5.94. The predicted molar refractivity (Wildman–Crippen MR) is 50.5 cm³/mol. The minimum Gasteiger partial charge on any atom is -0.313 e. The average Bonchev–Trinajstić information content (AvgIpc) is 2.01. The van der Waals surface area contributed by atoms with Crippen LogP contribution in [0.1, 0.15) is 26.7 Å². The van der Waals surface area contributed by atoms with E-state index in [9.17, 15) is 13.2 Å². The summed E-state index contributed by atoms with van der Waals surface area (Å²) in [5, 5.41) is 2.97. The fourth-order valence-corrected chi connectivity index (χ4v) is 1.94. The van der Waals surface area contributed by atoms with Crippen LogP contribution >= 0.6 is 11.6 Å². The van der Waals surface area contributed by atoms with Gasteiger partial charge in [0, 0.05) is 18.0 Å². The van der Waals surface area contributed by atoms with Crippen LogP contribution in [0, 0.1) is 5.41 Å². The molecule has 1 nitrogen and oxygen atoms in total. The minimum atomic E-state index is -4.07. The molecule has 1 fully saturated rings. The first-order chi connectivity index (χ1) is 6.23. The first-order valence-corrected chi connectivity index (χ1v) is 5.11. The maximum Gasteiger partial charge on any atom is 0.390 e. The van der Waals surface area contributed by atoms with Crippen LogP contribution < -0.4 is 5.32 Å². The van der Waals surface area contributed by atoms with Gasteiger partial charge in [-0.25, -0.2) is 0 Å². The molecule has 1 aliphatic carbocycles. The first-order valence-electron chi connectivity index (χ1n) is 4.67. The van der Waals surface area contributed by atoms with E-state index in [1.54, 1.807) is 0 Å². The van der Waals surface area contributed by atoms with E-state index in [4.69, 9.17) is 11.6 Å². The van der Waals surface area contributed by atoms with E-state index in [1.807, 2.05) is 13.8 Å². The average molecular weight is 230 g/mol. The summed E-state index contributed by atoms with van der Waals surface area (Å²) in [6.07, 6.45) is -4.08. The van der Waals surface area contributed by atoms with Gasteiger partial charge in [-0.3, -0.25) is 0 Å². The monoisotopic (exact) mass is 229 g/mol. The molecular weight excluding hydrogens is 215 g/mol. The van der Waals surface area contributed by atoms with Gasteiger partial charge in [0.05, 0.1) is 6.42 Å². The van der Waals surface area contributed by atoms with Gasteiger partial charge in [0.15, 0.2) is 0 Å². The zero-order valence-corrected chi connectivity index (χ0v) is 9.04. The smallest absolute Gasteiger partial charge is 0.313 e. The second kappa shape index (κ2) is 3.89. The minimum absolute atomic E-state index is 0.0127. The number of halogens is 4. The van der Waals surface area contributed by atoms with Crippen LogP contribution in [-0.4, -0.2) is 24.1 Å². The molecule has 0 radical (unpaired) electrons. The Kier molecular flexibility index (Phi) is 3.37. The SMILES string of the molecule is CC1(C)C(Cl)CC1NCCC(F)(F)F. The van der Waals surface area contributed by atoms with E-state index in [0.29, 0.717) is 0 Å². The Morgan fingerprint density at radius 1 is 1.43 bits per heavy atom. The Labute approximate surface area is 87.0 Å². The van der Waals surface area contributed by atoms with Gasteiger partial charge in [0.1, 0.15) is 0 Å². The van der Waals surface area contributed by atoms with Gasteiger partial charge in [-0.2, -0.15) is 13.2 Å². The van der Waals surface area contributed by atoms with E-state index in [-0.39, 0.29) is 23.4 Å². The lowest BCUT2D eigenvalue weighted by Crippen LogP contribution is -2.58. The molecular formula is C9H15ClF3N. The van der Waals surface area contributed by atoms with E-state index in [0.717, 1.165) is 6.42 Å². The van der Waals surface area contributed by atoms with Gasteiger partial charge in [0.25, 0.3) is 0 Å². The first kappa shape index (κ1) is 12.1. The molecule has 14 heavy (non-hydrogen) atoms. The highest BCUT2D eigenvalue weighted by Crippen LogP contribution is 2.44. The van der Waals surface area contributed by atoms with E-state index in [2.05, 4.69) is 5.32 Å². The molecule has 1 rings (SSSR count). The molecule has 0 aromatic carbocycles. The second-order valence-corrected chi connectivity index (χ2v) is 4.92. The zero-order valence-electron chi connectivity index (χ0n) is 8.29. The Morgan fingerprint density at radius 3 is 2.36 bits per heavy atom. The third-order valence-electron chi connectivity index (χ3n) is 2.95. The molecule has 1 N–H and O–H groups in total. The van der Waals surface area contributed by atoms with Gasteiger partial charge in [-0.1, -0.05) is 13.8 Å². The van der Waals surface area contributed by atoms with Crippen molar-refractivity contribution in [1.29, 1.82) is 0 Å². The lowest BCUT2D eigenvalue weighted by Gasteiger charge is -2.49. The number of hydrogen-bond donors (Lipinski definition) is 1. The van der Waals surface area contributed by atoms with Gasteiger partial charge in [-0.15, -0.1) is 11.6 Å². The van der Waals surface area contributed by atoms with E-state index >= 15 is 0 Å². The molecule has 1 aliphatic rings. The van der Waals surface area contributed by atoms with Crippen molar-refractivity contribution in [3.05, 3.63) is 0 Å². The summed E-state index contributed by atoms with van der Waals surface area (Å²) in [4.78, 5) is 0. The van der Waals surface area contributed by atoms with Crippen LogP contribution in [0.5, 0.6) is 0 Å². The lowest BCUT2D eigenvalue weighted by atomic mass is 9.67. The molecule has 0 bridgehead atoms. The maximum atomic E-state index is 11.8. The number of rotatable bonds is 3. The van der Waals surface area contributed by atoms with E-state index in [1.165, 1.54) is 0 Å². The summed E-state index contributed by atoms with van der Waals surface area (Å²) in [5.41, 5.74) is -0.0901. The Balaban J connectivity index is 2.22. The molecule has 2 atom stereocenters. The van der Waals surface area contributed by atoms with Crippen LogP contribution in [0.15, 0.2) is 0 Å². The Morgan fingerprint density at radius 2 is 2.00 bits per heavy atom. The molecule has 0 saturated heterocycles. The van der Waals surface area contributed by atoms with Crippen molar-refractivity contribution >= 4 is 11.6 Å². The van der Waals surface area contributed by atoms with Crippen molar-refractivity contribution in [1.82, 2.24) is 5.32 Å². The summed E-state index contributed by atoms with van der Waals surface area (Å²) in [6.45, 7) is 3.93. The van der Waals surface area contributed by atoms with Crippen LogP contribution in [-0.2, 0) is 0 Å². The second-order valence-electron chi connectivity index (χ2n) is 4.40. The highest BCUT2D eigenvalue weighted by Gasteiger charge is 2.46. The molecule has 0 aromatic heterocycles. The number of nitrogens with one attached hydrogen (secondary N) is 1. The lowest BCUT2D eigenvalue weighted by molar-refractivity contribution is -0.134. The van der Waals surface area contributed by atoms with Crippen molar-refractivity contribution in [2.75, 3.05) is 6.54 Å². The third-order valence-corrected chi connectivity index (χ3v) is 3.69. The molecule has 84 valence electrons. The highest BCUT2D eigenvalue weighted by molar-refractivity contribution is 6.21. The summed E-state index contributed by atoms with van der Waals surface area (Å²) < 4.78 is 35.5. The Hall–Kier alpha value is 0.0400. The molecule has 2 unspecified atom stereocenters. The van der Waals surface area contributed by atoms with E-state index < -0.39 is 12.6 Å². The zero-order chi connectivity index (χ0) is 11.0. The largest absolute Gasteiger partial charge is 0.390 e.